The number of aryl methyl sites for hydroxylation is 1. The first kappa shape index (κ1) is 10.5. The number of aromatic nitrogens is 1. The minimum Gasteiger partial charge on any atom is -0.281 e. The van der Waals surface area contributed by atoms with Gasteiger partial charge in [-0.2, -0.15) is 0 Å². The number of pyridine rings is 1. The highest BCUT2D eigenvalue weighted by molar-refractivity contribution is 9.10. The maximum atomic E-state index is 11.1. The van der Waals surface area contributed by atoms with Crippen molar-refractivity contribution in [2.75, 3.05) is 9.38 Å². The summed E-state index contributed by atoms with van der Waals surface area (Å²) in [4.78, 5) is 3.82. The van der Waals surface area contributed by atoms with Crippen molar-refractivity contribution in [3.8, 4) is 0 Å². The molecule has 0 aromatic carbocycles. The van der Waals surface area contributed by atoms with E-state index >= 15 is 0 Å². The third-order valence-corrected chi connectivity index (χ3v) is 4.07. The molecule has 1 aromatic rings. The number of nitrogens with zero attached hydrogens (tertiary/aromatic N) is 1. The zero-order valence-corrected chi connectivity index (χ0v) is 9.39. The molecule has 1 aromatic heterocycles. The number of nitrogens with one attached hydrogen (secondary N) is 1. The van der Waals surface area contributed by atoms with Gasteiger partial charge in [0.05, 0.1) is 11.9 Å². The number of rotatable bonds is 3. The summed E-state index contributed by atoms with van der Waals surface area (Å²) in [5.74, 6) is 0. The maximum absolute atomic E-state index is 11.1. The summed E-state index contributed by atoms with van der Waals surface area (Å²) in [7, 11) is -3.27. The Kier molecular flexibility index (Phi) is 3.27. The zero-order chi connectivity index (χ0) is 9.90. The molecule has 13 heavy (non-hydrogen) atoms. The molecule has 0 aliphatic heterocycles. The van der Waals surface area contributed by atoms with Crippen molar-refractivity contribution < 1.29 is 8.42 Å². The van der Waals surface area contributed by atoms with Crippen molar-refractivity contribution in [1.82, 2.24) is 4.98 Å². The van der Waals surface area contributed by atoms with Gasteiger partial charge in [0.2, 0.25) is 10.0 Å². The van der Waals surface area contributed by atoms with Crippen molar-refractivity contribution >= 4 is 31.6 Å². The Morgan fingerprint density at radius 2 is 2.31 bits per heavy atom. The Hall–Kier alpha value is -0.620. The van der Waals surface area contributed by atoms with E-state index in [-0.39, 0.29) is 4.66 Å². The molecule has 0 spiro atoms. The van der Waals surface area contributed by atoms with Crippen molar-refractivity contribution in [3.63, 3.8) is 0 Å². The van der Waals surface area contributed by atoms with Gasteiger partial charge >= 0.3 is 0 Å². The Morgan fingerprint density at radius 3 is 2.85 bits per heavy atom. The molecule has 0 saturated heterocycles. The zero-order valence-electron chi connectivity index (χ0n) is 6.99. The van der Waals surface area contributed by atoms with E-state index in [9.17, 15) is 8.42 Å². The van der Waals surface area contributed by atoms with Crippen LogP contribution in [-0.4, -0.2) is 18.1 Å². The molecule has 0 saturated carbocycles. The van der Waals surface area contributed by atoms with Gasteiger partial charge in [-0.15, -0.1) is 0 Å². The first-order valence-electron chi connectivity index (χ1n) is 3.52. The average Bonchev–Trinajstić information content (AvgIpc) is 2.09. The van der Waals surface area contributed by atoms with Crippen LogP contribution in [0, 0.1) is 6.92 Å². The number of hydrogen-bond acceptors (Lipinski definition) is 3. The van der Waals surface area contributed by atoms with E-state index in [1.165, 1.54) is 6.20 Å². The van der Waals surface area contributed by atoms with Crippen molar-refractivity contribution in [2.24, 2.45) is 0 Å². The number of anilines is 1. The standard InChI is InChI=1S/C7H9BrN2O2S/c1-6-2-3-9-4-7(6)10-13(11,12)5-8/h2-4,10H,5H2,1H3. The highest BCUT2D eigenvalue weighted by Gasteiger charge is 2.08. The van der Waals surface area contributed by atoms with Crippen LogP contribution in [0.2, 0.25) is 0 Å². The average molecular weight is 265 g/mol. The van der Waals surface area contributed by atoms with Gasteiger partial charge in [0.15, 0.2) is 0 Å². The van der Waals surface area contributed by atoms with Crippen molar-refractivity contribution in [3.05, 3.63) is 24.0 Å². The van der Waals surface area contributed by atoms with Gasteiger partial charge in [-0.1, -0.05) is 15.9 Å². The summed E-state index contributed by atoms with van der Waals surface area (Å²) in [5.41, 5.74) is 1.36. The van der Waals surface area contributed by atoms with Crippen LogP contribution in [0.25, 0.3) is 0 Å². The first-order valence-corrected chi connectivity index (χ1v) is 6.29. The Morgan fingerprint density at radius 1 is 1.62 bits per heavy atom. The van der Waals surface area contributed by atoms with Crippen molar-refractivity contribution in [2.45, 2.75) is 6.92 Å². The quantitative estimate of drug-likeness (QED) is 0.842. The highest BCUT2D eigenvalue weighted by atomic mass is 79.9. The molecule has 0 radical (unpaired) electrons. The van der Waals surface area contributed by atoms with E-state index in [0.29, 0.717) is 5.69 Å². The lowest BCUT2D eigenvalue weighted by Crippen LogP contribution is -2.14. The lowest BCUT2D eigenvalue weighted by molar-refractivity contribution is 0.606. The summed E-state index contributed by atoms with van der Waals surface area (Å²) in [6.45, 7) is 1.81. The summed E-state index contributed by atoms with van der Waals surface area (Å²) in [6.07, 6.45) is 3.09. The maximum Gasteiger partial charge on any atom is 0.242 e. The van der Waals surface area contributed by atoms with Crippen LogP contribution in [0.4, 0.5) is 5.69 Å². The number of hydrogen-bond donors (Lipinski definition) is 1. The first-order chi connectivity index (χ1) is 6.05. The van der Waals surface area contributed by atoms with Gasteiger partial charge in [0.1, 0.15) is 4.66 Å². The molecule has 1 heterocycles. The van der Waals surface area contributed by atoms with Gasteiger partial charge < -0.3 is 0 Å². The van der Waals surface area contributed by atoms with Gasteiger partial charge in [0.25, 0.3) is 0 Å². The van der Waals surface area contributed by atoms with E-state index in [0.717, 1.165) is 5.56 Å². The third kappa shape index (κ3) is 2.96. The molecule has 72 valence electrons. The van der Waals surface area contributed by atoms with Gasteiger partial charge in [-0.05, 0) is 18.6 Å². The Labute approximate surface area is 85.6 Å². The second-order valence-corrected chi connectivity index (χ2v) is 5.54. The fourth-order valence-corrected chi connectivity index (χ4v) is 1.71. The lowest BCUT2D eigenvalue weighted by Gasteiger charge is -2.06. The molecule has 1 rings (SSSR count). The Bertz CT molecular complexity index is 391. The largest absolute Gasteiger partial charge is 0.281 e. The van der Waals surface area contributed by atoms with Crippen LogP contribution < -0.4 is 4.72 Å². The van der Waals surface area contributed by atoms with Gasteiger partial charge in [0, 0.05) is 6.20 Å². The fourth-order valence-electron chi connectivity index (χ4n) is 0.766. The van der Waals surface area contributed by atoms with Crippen LogP contribution in [0.15, 0.2) is 18.5 Å². The summed E-state index contributed by atoms with van der Waals surface area (Å²) in [6, 6.07) is 1.74. The van der Waals surface area contributed by atoms with E-state index in [1.807, 2.05) is 6.92 Å². The molecular formula is C7H9BrN2O2S. The molecule has 0 fully saturated rings. The number of alkyl halides is 1. The molecule has 1 N–H and O–H groups in total. The predicted octanol–water partition coefficient (Wildman–Crippen LogP) is 1.48. The van der Waals surface area contributed by atoms with Crippen LogP contribution in [0.1, 0.15) is 5.56 Å². The van der Waals surface area contributed by atoms with E-state index in [1.54, 1.807) is 12.3 Å². The van der Waals surface area contributed by atoms with Crippen LogP contribution in [0.5, 0.6) is 0 Å². The molecule has 0 aliphatic rings. The Balaban J connectivity index is 2.93. The molecule has 0 atom stereocenters. The van der Waals surface area contributed by atoms with E-state index < -0.39 is 10.0 Å². The van der Waals surface area contributed by atoms with Crippen LogP contribution in [-0.2, 0) is 10.0 Å². The number of halogens is 1. The third-order valence-electron chi connectivity index (χ3n) is 1.45. The summed E-state index contributed by atoms with van der Waals surface area (Å²) in [5, 5.41) is 0. The minimum absolute atomic E-state index is 0.117. The van der Waals surface area contributed by atoms with Crippen LogP contribution in [0.3, 0.4) is 0 Å². The monoisotopic (exact) mass is 264 g/mol. The van der Waals surface area contributed by atoms with Gasteiger partial charge in [-0.25, -0.2) is 8.42 Å². The molecular weight excluding hydrogens is 256 g/mol. The molecule has 0 aliphatic carbocycles. The highest BCUT2D eigenvalue weighted by Crippen LogP contribution is 2.13. The molecule has 4 nitrogen and oxygen atoms in total. The summed E-state index contributed by atoms with van der Waals surface area (Å²) >= 11 is 2.88. The smallest absolute Gasteiger partial charge is 0.242 e. The van der Waals surface area contributed by atoms with E-state index in [2.05, 4.69) is 25.6 Å². The lowest BCUT2D eigenvalue weighted by atomic mass is 10.3. The molecule has 0 unspecified atom stereocenters. The van der Waals surface area contributed by atoms with Crippen molar-refractivity contribution in [1.29, 1.82) is 0 Å². The normalized spacial score (nSPS) is 11.2. The predicted molar refractivity (Wildman–Crippen MR) is 55.3 cm³/mol. The molecule has 6 heteroatoms. The topological polar surface area (TPSA) is 59.1 Å². The molecule has 0 amide bonds. The molecule has 0 bridgehead atoms. The summed E-state index contributed by atoms with van der Waals surface area (Å²) < 4.78 is 24.6. The van der Waals surface area contributed by atoms with Gasteiger partial charge in [-0.3, -0.25) is 9.71 Å². The fraction of sp³-hybridized carbons (Fsp3) is 0.286. The van der Waals surface area contributed by atoms with Crippen LogP contribution >= 0.6 is 15.9 Å². The van der Waals surface area contributed by atoms with E-state index in [4.69, 9.17) is 0 Å². The second kappa shape index (κ2) is 4.06. The SMILES string of the molecule is Cc1ccncc1NS(=O)(=O)CBr. The second-order valence-electron chi connectivity index (χ2n) is 2.52. The number of sulfonamides is 1. The minimum atomic E-state index is -3.27.